The van der Waals surface area contributed by atoms with E-state index in [2.05, 4.69) is 20.1 Å². The monoisotopic (exact) mass is 433 g/mol. The zero-order chi connectivity index (χ0) is 27.1. The van der Waals surface area contributed by atoms with Crippen molar-refractivity contribution in [2.75, 3.05) is 38.1 Å². The fraction of sp³-hybridized carbons (Fsp3) is 0.292. The largest absolute Gasteiger partial charge is 0.354 e. The summed E-state index contributed by atoms with van der Waals surface area (Å²) in [6.07, 6.45) is 6.19. The van der Waals surface area contributed by atoms with Gasteiger partial charge in [-0.1, -0.05) is 0 Å². The molecule has 0 aromatic carbocycles. The second-order valence-electron chi connectivity index (χ2n) is 7.72. The molecule has 0 radical (unpaired) electrons. The summed E-state index contributed by atoms with van der Waals surface area (Å²) in [5.41, 5.74) is 2.81. The molecule has 1 aliphatic rings. The first-order chi connectivity index (χ1) is 18.0. The number of likely N-dealkylation sites (N-methyl/N-ethyl adjacent to an activating group) is 1. The highest BCUT2D eigenvalue weighted by atomic mass is 16.1. The second-order valence-corrected chi connectivity index (χ2v) is 7.72. The standard InChI is InChI=1S/C24H25N7O/c1-29-7-9-31(10-8-29)24-11-17(5-6-25-24)23(32)13-20-12-22-18(14-26-20)3-4-21(28-22)19-15-27-30(2)16-19/h3-6,11-12,14-16H,7-10,13H2,1-2H3/i1D3,2D3. The zero-order valence-corrected chi connectivity index (χ0v) is 17.3. The number of ketones is 1. The molecule has 1 aliphatic heterocycles. The van der Waals surface area contributed by atoms with Gasteiger partial charge in [-0.3, -0.25) is 14.5 Å². The van der Waals surface area contributed by atoms with E-state index in [-0.39, 0.29) is 12.2 Å². The molecule has 0 amide bonds. The van der Waals surface area contributed by atoms with Gasteiger partial charge in [0.05, 0.1) is 29.5 Å². The smallest absolute Gasteiger partial charge is 0.169 e. The highest BCUT2D eigenvalue weighted by Gasteiger charge is 2.17. The number of aryl methyl sites for hydroxylation is 1. The highest BCUT2D eigenvalue weighted by Crippen LogP contribution is 2.21. The van der Waals surface area contributed by atoms with Crippen LogP contribution in [0.5, 0.6) is 0 Å². The van der Waals surface area contributed by atoms with Crippen LogP contribution in [0.3, 0.4) is 0 Å². The van der Waals surface area contributed by atoms with Crippen LogP contribution in [-0.2, 0) is 13.4 Å². The van der Waals surface area contributed by atoms with Crippen LogP contribution in [0.2, 0.25) is 0 Å². The summed E-state index contributed by atoms with van der Waals surface area (Å²) in [4.78, 5) is 30.0. The van der Waals surface area contributed by atoms with Crippen molar-refractivity contribution in [3.63, 3.8) is 0 Å². The Hall–Kier alpha value is -3.65. The number of aromatic nitrogens is 5. The van der Waals surface area contributed by atoms with Crippen LogP contribution in [0.1, 0.15) is 24.3 Å². The van der Waals surface area contributed by atoms with Gasteiger partial charge in [0, 0.05) is 76.5 Å². The molecular weight excluding hydrogens is 402 g/mol. The fourth-order valence-corrected chi connectivity index (χ4v) is 3.74. The maximum Gasteiger partial charge on any atom is 0.169 e. The van der Waals surface area contributed by atoms with E-state index in [0.29, 0.717) is 60.0 Å². The van der Waals surface area contributed by atoms with Gasteiger partial charge in [0.1, 0.15) is 5.82 Å². The van der Waals surface area contributed by atoms with Crippen molar-refractivity contribution < 1.29 is 13.0 Å². The Morgan fingerprint density at radius 1 is 1.06 bits per heavy atom. The van der Waals surface area contributed by atoms with Crippen molar-refractivity contribution in [2.45, 2.75) is 6.42 Å². The van der Waals surface area contributed by atoms with Gasteiger partial charge < -0.3 is 9.80 Å². The van der Waals surface area contributed by atoms with Gasteiger partial charge in [0.2, 0.25) is 0 Å². The average Bonchev–Trinajstić information content (AvgIpc) is 3.39. The van der Waals surface area contributed by atoms with Crippen molar-refractivity contribution >= 4 is 22.5 Å². The number of fused-ring (bicyclic) bond motifs is 1. The predicted octanol–water partition coefficient (Wildman–Crippen LogP) is 2.60. The van der Waals surface area contributed by atoms with Crippen LogP contribution in [-0.4, -0.2) is 68.6 Å². The van der Waals surface area contributed by atoms with E-state index in [4.69, 9.17) is 8.22 Å². The quantitative estimate of drug-likeness (QED) is 0.448. The highest BCUT2D eigenvalue weighted by molar-refractivity contribution is 5.98. The molecule has 5 rings (SSSR count). The predicted molar refractivity (Wildman–Crippen MR) is 124 cm³/mol. The number of rotatable bonds is 5. The Morgan fingerprint density at radius 3 is 2.78 bits per heavy atom. The molecule has 0 aliphatic carbocycles. The van der Waals surface area contributed by atoms with Gasteiger partial charge in [-0.2, -0.15) is 5.10 Å². The van der Waals surface area contributed by atoms with Crippen molar-refractivity contribution in [1.29, 1.82) is 0 Å². The maximum atomic E-state index is 13.1. The number of Topliss-reactive ketones (excluding diaryl/α,β-unsaturated/α-hetero) is 1. The number of nitrogens with zero attached hydrogens (tertiary/aromatic N) is 7. The summed E-state index contributed by atoms with van der Waals surface area (Å²) in [6.45, 7) is -2.68. The van der Waals surface area contributed by atoms with Gasteiger partial charge in [-0.15, -0.1) is 0 Å². The minimum absolute atomic E-state index is 0.0646. The molecule has 0 unspecified atom stereocenters. The average molecular weight is 434 g/mol. The summed E-state index contributed by atoms with van der Waals surface area (Å²) in [5, 5.41) is 4.70. The third kappa shape index (κ3) is 4.22. The summed E-state index contributed by atoms with van der Waals surface area (Å²) < 4.78 is 46.1. The Kier molecular flexibility index (Phi) is 3.82. The Balaban J connectivity index is 1.31. The summed E-state index contributed by atoms with van der Waals surface area (Å²) in [7, 11) is 0. The molecule has 0 bridgehead atoms. The molecule has 32 heavy (non-hydrogen) atoms. The zero-order valence-electron chi connectivity index (χ0n) is 23.3. The van der Waals surface area contributed by atoms with E-state index in [1.165, 1.54) is 17.3 Å². The first-order valence-corrected chi connectivity index (χ1v) is 10.3. The van der Waals surface area contributed by atoms with Gasteiger partial charge >= 0.3 is 0 Å². The third-order valence-electron chi connectivity index (χ3n) is 5.52. The first kappa shape index (κ1) is 14.4. The number of hydrogen-bond acceptors (Lipinski definition) is 7. The van der Waals surface area contributed by atoms with Crippen molar-refractivity contribution in [1.82, 2.24) is 29.6 Å². The number of carbonyl (C=O) groups is 1. The van der Waals surface area contributed by atoms with Gasteiger partial charge in [-0.05, 0) is 37.3 Å². The number of piperazine rings is 1. The molecule has 162 valence electrons. The third-order valence-corrected chi connectivity index (χ3v) is 5.52. The second kappa shape index (κ2) is 8.47. The molecular formula is C24H25N7O. The number of pyridine rings is 3. The van der Waals surface area contributed by atoms with E-state index in [1.54, 1.807) is 36.7 Å². The topological polar surface area (TPSA) is 80.0 Å². The van der Waals surface area contributed by atoms with Crippen molar-refractivity contribution in [3.8, 4) is 11.3 Å². The van der Waals surface area contributed by atoms with E-state index >= 15 is 0 Å². The van der Waals surface area contributed by atoms with Gasteiger partial charge in [-0.25, -0.2) is 9.97 Å². The number of anilines is 1. The van der Waals surface area contributed by atoms with Gasteiger partial charge in [0.15, 0.2) is 5.78 Å². The molecule has 0 atom stereocenters. The van der Waals surface area contributed by atoms with Crippen LogP contribution in [0.4, 0.5) is 5.82 Å². The number of carbonyl (C=O) groups excluding carboxylic acids is 1. The van der Waals surface area contributed by atoms with Gasteiger partial charge in [0.25, 0.3) is 0 Å². The lowest BCUT2D eigenvalue weighted by atomic mass is 10.1. The van der Waals surface area contributed by atoms with Crippen molar-refractivity contribution in [2.24, 2.45) is 6.98 Å². The first-order valence-electron chi connectivity index (χ1n) is 13.3. The molecule has 0 saturated carbocycles. The molecule has 8 nitrogen and oxygen atoms in total. The molecule has 0 N–H and O–H groups in total. The minimum Gasteiger partial charge on any atom is -0.354 e. The molecule has 1 saturated heterocycles. The molecule has 4 aromatic rings. The van der Waals surface area contributed by atoms with Crippen molar-refractivity contribution in [3.05, 3.63) is 66.4 Å². The summed E-state index contributed by atoms with van der Waals surface area (Å²) in [5.74, 6) is 0.508. The normalized spacial score (nSPS) is 18.3. The Bertz CT molecular complexity index is 1480. The molecule has 0 spiro atoms. The van der Waals surface area contributed by atoms with E-state index in [9.17, 15) is 4.79 Å². The minimum atomic E-state index is -2.37. The van der Waals surface area contributed by atoms with Crippen LogP contribution >= 0.6 is 0 Å². The summed E-state index contributed by atoms with van der Waals surface area (Å²) in [6, 6.07) is 8.75. The molecule has 1 fully saturated rings. The van der Waals surface area contributed by atoms with Crippen LogP contribution in [0.15, 0.2) is 55.1 Å². The molecule has 4 aromatic heterocycles. The van der Waals surface area contributed by atoms with E-state index < -0.39 is 14.0 Å². The molecule has 5 heterocycles. The molecule has 8 heteroatoms. The fourth-order valence-electron chi connectivity index (χ4n) is 3.74. The Labute approximate surface area is 195 Å². The SMILES string of the molecule is [2H]C([2H])([2H])N1CCN(c2cc(C(=O)Cc3cc4nc(-c5cnn(C([2H])([2H])[2H])c5)ccc4cn3)ccn2)CC1. The Morgan fingerprint density at radius 2 is 1.97 bits per heavy atom. The summed E-state index contributed by atoms with van der Waals surface area (Å²) >= 11 is 0. The number of hydrogen-bond donors (Lipinski definition) is 0. The lowest BCUT2D eigenvalue weighted by Crippen LogP contribution is -2.44. The maximum absolute atomic E-state index is 13.1. The van der Waals surface area contributed by atoms with E-state index in [0.717, 1.165) is 10.1 Å². The lowest BCUT2D eigenvalue weighted by molar-refractivity contribution is 0.0992. The lowest BCUT2D eigenvalue weighted by Gasteiger charge is -2.33. The van der Waals surface area contributed by atoms with Crippen LogP contribution in [0, 0.1) is 0 Å². The van der Waals surface area contributed by atoms with E-state index in [1.807, 2.05) is 11.0 Å². The van der Waals surface area contributed by atoms with Crippen LogP contribution in [0.25, 0.3) is 22.2 Å². The van der Waals surface area contributed by atoms with Crippen LogP contribution < -0.4 is 4.90 Å².